The van der Waals surface area contributed by atoms with Gasteiger partial charge in [0, 0.05) is 11.1 Å². The molecule has 1 aromatic carbocycles. The molecular formula is C12H12N2O3. The fourth-order valence-electron chi connectivity index (χ4n) is 1.44. The Bertz CT molecular complexity index is 579. The Balaban J connectivity index is 2.42. The number of aromatic nitrogens is 2. The quantitative estimate of drug-likeness (QED) is 0.758. The Hall–Kier alpha value is -2.17. The largest absolute Gasteiger partial charge is 0.437 e. The molecule has 0 aliphatic rings. The van der Waals surface area contributed by atoms with Crippen LogP contribution in [-0.2, 0) is 0 Å². The number of nitrogens with zero attached hydrogens (tertiary/aromatic N) is 2. The van der Waals surface area contributed by atoms with Crippen molar-refractivity contribution in [2.45, 2.75) is 19.9 Å². The molecule has 0 aliphatic heterocycles. The van der Waals surface area contributed by atoms with Crippen molar-refractivity contribution >= 4 is 6.29 Å². The third-order valence-corrected chi connectivity index (χ3v) is 2.35. The summed E-state index contributed by atoms with van der Waals surface area (Å²) in [5.74, 6) is -0.212. The van der Waals surface area contributed by atoms with Crippen molar-refractivity contribution in [2.24, 2.45) is 0 Å². The van der Waals surface area contributed by atoms with E-state index < -0.39 is 5.76 Å². The smallest absolute Gasteiger partial charge is 0.388 e. The number of aldehydes is 1. The van der Waals surface area contributed by atoms with Crippen LogP contribution in [0.4, 0.5) is 0 Å². The first kappa shape index (κ1) is 11.3. The summed E-state index contributed by atoms with van der Waals surface area (Å²) in [5, 5.41) is 4.08. The Labute approximate surface area is 97.7 Å². The summed E-state index contributed by atoms with van der Waals surface area (Å²) >= 11 is 0. The van der Waals surface area contributed by atoms with Crippen LogP contribution in [0.3, 0.4) is 0 Å². The molecular weight excluding hydrogens is 220 g/mol. The Morgan fingerprint density at radius 2 is 1.94 bits per heavy atom. The van der Waals surface area contributed by atoms with Crippen LogP contribution in [0, 0.1) is 0 Å². The second-order valence-corrected chi connectivity index (χ2v) is 3.95. The molecule has 0 unspecified atom stereocenters. The summed E-state index contributed by atoms with van der Waals surface area (Å²) in [6, 6.07) is 6.64. The lowest BCUT2D eigenvalue weighted by molar-refractivity contribution is 0.112. The van der Waals surface area contributed by atoms with E-state index in [1.807, 2.05) is 13.8 Å². The lowest BCUT2D eigenvalue weighted by atomic mass is 10.1. The molecule has 0 radical (unpaired) electrons. The van der Waals surface area contributed by atoms with E-state index >= 15 is 0 Å². The van der Waals surface area contributed by atoms with Crippen LogP contribution in [0.5, 0.6) is 0 Å². The van der Waals surface area contributed by atoms with Gasteiger partial charge in [-0.3, -0.25) is 4.79 Å². The van der Waals surface area contributed by atoms with Crippen LogP contribution in [0.15, 0.2) is 33.5 Å². The minimum atomic E-state index is -0.477. The maximum absolute atomic E-state index is 11.5. The molecule has 0 spiro atoms. The number of carbonyl (C=O) groups is 1. The molecule has 0 amide bonds. The minimum absolute atomic E-state index is 0.0470. The number of benzene rings is 1. The molecule has 0 bridgehead atoms. The van der Waals surface area contributed by atoms with Gasteiger partial charge in [0.05, 0.1) is 6.04 Å². The molecule has 17 heavy (non-hydrogen) atoms. The number of hydrogen-bond donors (Lipinski definition) is 0. The van der Waals surface area contributed by atoms with E-state index in [1.165, 1.54) is 4.68 Å². The zero-order valence-corrected chi connectivity index (χ0v) is 9.58. The SMILES string of the molecule is CC(C)n1nc(-c2ccc(C=O)cc2)oc1=O. The van der Waals surface area contributed by atoms with Gasteiger partial charge >= 0.3 is 5.76 Å². The van der Waals surface area contributed by atoms with Crippen molar-refractivity contribution in [1.82, 2.24) is 9.78 Å². The average Bonchev–Trinajstić information content (AvgIpc) is 2.71. The van der Waals surface area contributed by atoms with Gasteiger partial charge in [-0.1, -0.05) is 12.1 Å². The molecule has 0 fully saturated rings. The molecule has 1 aromatic heterocycles. The molecule has 1 heterocycles. The molecule has 0 atom stereocenters. The highest BCUT2D eigenvalue weighted by atomic mass is 16.4. The Morgan fingerprint density at radius 3 is 2.41 bits per heavy atom. The fraction of sp³-hybridized carbons (Fsp3) is 0.250. The van der Waals surface area contributed by atoms with E-state index in [4.69, 9.17) is 4.42 Å². The lowest BCUT2D eigenvalue weighted by Gasteiger charge is -1.99. The summed E-state index contributed by atoms with van der Waals surface area (Å²) in [4.78, 5) is 22.0. The average molecular weight is 232 g/mol. The van der Waals surface area contributed by atoms with Gasteiger partial charge in [0.2, 0.25) is 5.89 Å². The van der Waals surface area contributed by atoms with Crippen molar-refractivity contribution < 1.29 is 9.21 Å². The maximum Gasteiger partial charge on any atom is 0.437 e. The zero-order valence-electron chi connectivity index (χ0n) is 9.58. The standard InChI is InChI=1S/C12H12N2O3/c1-8(2)14-12(16)17-11(13-14)10-5-3-9(7-15)4-6-10/h3-8H,1-2H3. The summed E-state index contributed by atoms with van der Waals surface area (Å²) in [5.41, 5.74) is 1.24. The molecule has 5 nitrogen and oxygen atoms in total. The van der Waals surface area contributed by atoms with E-state index in [0.717, 1.165) is 6.29 Å². The van der Waals surface area contributed by atoms with E-state index in [9.17, 15) is 9.59 Å². The van der Waals surface area contributed by atoms with Gasteiger partial charge in [-0.15, -0.1) is 5.10 Å². The summed E-state index contributed by atoms with van der Waals surface area (Å²) < 4.78 is 6.32. The van der Waals surface area contributed by atoms with Crippen LogP contribution < -0.4 is 5.76 Å². The molecule has 88 valence electrons. The summed E-state index contributed by atoms with van der Waals surface area (Å²) in [6.07, 6.45) is 0.757. The van der Waals surface area contributed by atoms with Gasteiger partial charge in [0.25, 0.3) is 0 Å². The maximum atomic E-state index is 11.5. The van der Waals surface area contributed by atoms with Crippen molar-refractivity contribution in [3.05, 3.63) is 40.4 Å². The summed E-state index contributed by atoms with van der Waals surface area (Å²) in [7, 11) is 0. The molecule has 2 aromatic rings. The second kappa shape index (κ2) is 4.37. The highest BCUT2D eigenvalue weighted by molar-refractivity contribution is 5.75. The van der Waals surface area contributed by atoms with Crippen LogP contribution in [0.2, 0.25) is 0 Å². The highest BCUT2D eigenvalue weighted by Gasteiger charge is 2.11. The molecule has 0 saturated carbocycles. The Morgan fingerprint density at radius 1 is 1.29 bits per heavy atom. The first-order valence-electron chi connectivity index (χ1n) is 5.27. The van der Waals surface area contributed by atoms with Crippen LogP contribution in [-0.4, -0.2) is 16.1 Å². The van der Waals surface area contributed by atoms with Crippen LogP contribution in [0.1, 0.15) is 30.2 Å². The topological polar surface area (TPSA) is 65.1 Å². The van der Waals surface area contributed by atoms with Gasteiger partial charge in [0.15, 0.2) is 0 Å². The zero-order chi connectivity index (χ0) is 12.4. The highest BCUT2D eigenvalue weighted by Crippen LogP contribution is 2.16. The molecule has 0 saturated heterocycles. The normalized spacial score (nSPS) is 10.8. The number of rotatable bonds is 3. The lowest BCUT2D eigenvalue weighted by Crippen LogP contribution is -2.17. The van der Waals surface area contributed by atoms with Gasteiger partial charge in [-0.05, 0) is 26.0 Å². The van der Waals surface area contributed by atoms with Crippen molar-refractivity contribution in [3.8, 4) is 11.5 Å². The van der Waals surface area contributed by atoms with Crippen molar-refractivity contribution in [3.63, 3.8) is 0 Å². The second-order valence-electron chi connectivity index (χ2n) is 3.95. The predicted molar refractivity (Wildman–Crippen MR) is 62.0 cm³/mol. The van der Waals surface area contributed by atoms with Gasteiger partial charge in [-0.25, -0.2) is 4.79 Å². The first-order chi connectivity index (χ1) is 8.11. The van der Waals surface area contributed by atoms with Crippen LogP contribution in [0.25, 0.3) is 11.5 Å². The predicted octanol–water partition coefficient (Wildman–Crippen LogP) is 1.90. The first-order valence-corrected chi connectivity index (χ1v) is 5.27. The van der Waals surface area contributed by atoms with E-state index in [2.05, 4.69) is 5.10 Å². The Kier molecular flexibility index (Phi) is 2.91. The van der Waals surface area contributed by atoms with Gasteiger partial charge in [-0.2, -0.15) is 4.68 Å². The van der Waals surface area contributed by atoms with Gasteiger partial charge < -0.3 is 4.42 Å². The van der Waals surface area contributed by atoms with Gasteiger partial charge in [0.1, 0.15) is 6.29 Å². The number of hydrogen-bond acceptors (Lipinski definition) is 4. The van der Waals surface area contributed by atoms with Crippen molar-refractivity contribution in [2.75, 3.05) is 0 Å². The van der Waals surface area contributed by atoms with E-state index in [1.54, 1.807) is 24.3 Å². The third kappa shape index (κ3) is 2.18. The van der Waals surface area contributed by atoms with Crippen molar-refractivity contribution in [1.29, 1.82) is 0 Å². The molecule has 2 rings (SSSR count). The minimum Gasteiger partial charge on any atom is -0.388 e. The monoisotopic (exact) mass is 232 g/mol. The van der Waals surface area contributed by atoms with Crippen LogP contribution >= 0.6 is 0 Å². The fourth-order valence-corrected chi connectivity index (χ4v) is 1.44. The molecule has 5 heteroatoms. The summed E-state index contributed by atoms with van der Waals surface area (Å²) in [6.45, 7) is 3.70. The number of carbonyl (C=O) groups excluding carboxylic acids is 1. The molecule has 0 aliphatic carbocycles. The third-order valence-electron chi connectivity index (χ3n) is 2.35. The van der Waals surface area contributed by atoms with E-state index in [0.29, 0.717) is 11.1 Å². The van der Waals surface area contributed by atoms with E-state index in [-0.39, 0.29) is 11.9 Å². The molecule has 0 N–H and O–H groups in total.